The molecule has 1 aromatic rings. The quantitative estimate of drug-likeness (QED) is 0.884. The summed E-state index contributed by atoms with van der Waals surface area (Å²) >= 11 is 0. The molecule has 2 atom stereocenters. The number of carbonyl (C=O) groups is 1. The zero-order valence-electron chi connectivity index (χ0n) is 11.4. The van der Waals surface area contributed by atoms with Crippen LogP contribution in [0.1, 0.15) is 37.7 Å². The average Bonchev–Trinajstić information content (AvgIpc) is 3.19. The molecule has 3 heteroatoms. The van der Waals surface area contributed by atoms with Gasteiger partial charge in [0, 0.05) is 19.0 Å². The Morgan fingerprint density at radius 1 is 1.26 bits per heavy atom. The van der Waals surface area contributed by atoms with Crippen molar-refractivity contribution in [2.24, 2.45) is 5.92 Å². The van der Waals surface area contributed by atoms with Crippen molar-refractivity contribution in [2.45, 2.75) is 37.7 Å². The van der Waals surface area contributed by atoms with Crippen LogP contribution in [0, 0.1) is 5.92 Å². The Bertz CT molecular complexity index is 459. The number of carbonyl (C=O) groups excluding carboxylic acids is 1. The van der Waals surface area contributed by atoms with Crippen LogP contribution in [0.2, 0.25) is 0 Å². The van der Waals surface area contributed by atoms with Gasteiger partial charge in [-0.1, -0.05) is 30.3 Å². The van der Waals surface area contributed by atoms with E-state index in [1.54, 1.807) is 0 Å². The van der Waals surface area contributed by atoms with E-state index in [1.807, 2.05) is 30.0 Å². The van der Waals surface area contributed by atoms with E-state index in [0.29, 0.717) is 31.8 Å². The minimum Gasteiger partial charge on any atom is -0.390 e. The number of nitrogens with zero attached hydrogens (tertiary/aromatic N) is 1. The molecule has 2 fully saturated rings. The Morgan fingerprint density at radius 3 is 2.53 bits per heavy atom. The van der Waals surface area contributed by atoms with Crippen LogP contribution in [0.3, 0.4) is 0 Å². The van der Waals surface area contributed by atoms with E-state index >= 15 is 0 Å². The van der Waals surface area contributed by atoms with Crippen LogP contribution in [-0.2, 0) is 4.79 Å². The first-order valence-corrected chi connectivity index (χ1v) is 7.13. The van der Waals surface area contributed by atoms with Crippen LogP contribution in [0.4, 0.5) is 0 Å². The zero-order valence-corrected chi connectivity index (χ0v) is 11.4. The maximum absolute atomic E-state index is 12.4. The van der Waals surface area contributed by atoms with Crippen LogP contribution in [0.15, 0.2) is 30.3 Å². The second kappa shape index (κ2) is 4.64. The number of hydrogen-bond acceptors (Lipinski definition) is 2. The predicted molar refractivity (Wildman–Crippen MR) is 73.7 cm³/mol. The highest BCUT2D eigenvalue weighted by molar-refractivity contribution is 5.83. The van der Waals surface area contributed by atoms with Gasteiger partial charge in [-0.3, -0.25) is 4.79 Å². The molecule has 2 unspecified atom stereocenters. The van der Waals surface area contributed by atoms with Gasteiger partial charge in [-0.25, -0.2) is 0 Å². The summed E-state index contributed by atoms with van der Waals surface area (Å²) in [4.78, 5) is 14.3. The molecule has 1 amide bonds. The molecule has 3 nitrogen and oxygen atoms in total. The summed E-state index contributed by atoms with van der Waals surface area (Å²) in [6.45, 7) is 3.26. The third-order valence-electron chi connectivity index (χ3n) is 4.49. The van der Waals surface area contributed by atoms with Gasteiger partial charge in [0.05, 0.1) is 5.60 Å². The Balaban J connectivity index is 1.59. The molecule has 102 valence electrons. The maximum atomic E-state index is 12.4. The van der Waals surface area contributed by atoms with Gasteiger partial charge in [-0.05, 0) is 37.7 Å². The summed E-state index contributed by atoms with van der Waals surface area (Å²) in [6, 6.07) is 10.3. The molecule has 0 aromatic heterocycles. The molecule has 1 saturated carbocycles. The molecule has 1 aliphatic heterocycles. The van der Waals surface area contributed by atoms with Crippen molar-refractivity contribution in [3.8, 4) is 0 Å². The molecule has 0 bridgehead atoms. The number of likely N-dealkylation sites (tertiary alicyclic amines) is 1. The smallest absolute Gasteiger partial charge is 0.226 e. The fraction of sp³-hybridized carbons (Fsp3) is 0.562. The highest BCUT2D eigenvalue weighted by Gasteiger charge is 2.46. The summed E-state index contributed by atoms with van der Waals surface area (Å²) < 4.78 is 0. The molecule has 19 heavy (non-hydrogen) atoms. The largest absolute Gasteiger partial charge is 0.390 e. The van der Waals surface area contributed by atoms with Gasteiger partial charge in [-0.2, -0.15) is 0 Å². The van der Waals surface area contributed by atoms with Crippen molar-refractivity contribution in [1.29, 1.82) is 0 Å². The minimum absolute atomic E-state index is 0.172. The number of amides is 1. The van der Waals surface area contributed by atoms with E-state index in [9.17, 15) is 9.90 Å². The zero-order chi connectivity index (χ0) is 13.5. The van der Waals surface area contributed by atoms with Gasteiger partial charge in [0.25, 0.3) is 0 Å². The lowest BCUT2D eigenvalue weighted by molar-refractivity contribution is -0.136. The van der Waals surface area contributed by atoms with E-state index in [1.165, 1.54) is 5.56 Å². The van der Waals surface area contributed by atoms with Crippen LogP contribution in [0.5, 0.6) is 0 Å². The topological polar surface area (TPSA) is 40.5 Å². The number of benzene rings is 1. The summed E-state index contributed by atoms with van der Waals surface area (Å²) in [5, 5.41) is 9.92. The lowest BCUT2D eigenvalue weighted by atomic mass is 9.93. The van der Waals surface area contributed by atoms with Gasteiger partial charge in [0.1, 0.15) is 0 Å². The summed E-state index contributed by atoms with van der Waals surface area (Å²) in [5.74, 6) is 0.867. The van der Waals surface area contributed by atoms with Gasteiger partial charge < -0.3 is 10.0 Å². The van der Waals surface area contributed by atoms with Crippen LogP contribution in [0.25, 0.3) is 0 Å². The highest BCUT2D eigenvalue weighted by Crippen LogP contribution is 2.48. The second-order valence-corrected chi connectivity index (χ2v) is 6.18. The third kappa shape index (κ3) is 2.66. The van der Waals surface area contributed by atoms with Crippen molar-refractivity contribution >= 4 is 5.91 Å². The number of piperidine rings is 1. The van der Waals surface area contributed by atoms with Gasteiger partial charge in [-0.15, -0.1) is 0 Å². The van der Waals surface area contributed by atoms with Crippen LogP contribution >= 0.6 is 0 Å². The maximum Gasteiger partial charge on any atom is 0.226 e. The molecule has 1 saturated heterocycles. The molecule has 1 N–H and O–H groups in total. The summed E-state index contributed by atoms with van der Waals surface area (Å²) in [6.07, 6.45) is 2.37. The molecule has 0 spiro atoms. The van der Waals surface area contributed by atoms with Crippen molar-refractivity contribution in [3.63, 3.8) is 0 Å². The SMILES string of the molecule is CC1(O)CCN(C(=O)C2CC2c2ccccc2)CC1. The number of rotatable bonds is 2. The van der Waals surface area contributed by atoms with Crippen LogP contribution in [-0.4, -0.2) is 34.6 Å². The standard InChI is InChI=1S/C16H21NO2/c1-16(19)7-9-17(10-8-16)15(18)14-11-13(14)12-5-3-2-4-6-12/h2-6,13-14,19H,7-11H2,1H3. The Labute approximate surface area is 114 Å². The molecule has 0 radical (unpaired) electrons. The normalized spacial score (nSPS) is 29.1. The Morgan fingerprint density at radius 2 is 1.89 bits per heavy atom. The molecule has 2 aliphatic rings. The minimum atomic E-state index is -0.584. The fourth-order valence-electron chi connectivity index (χ4n) is 2.98. The van der Waals surface area contributed by atoms with Gasteiger partial charge in [0.15, 0.2) is 0 Å². The first-order chi connectivity index (χ1) is 9.07. The molecular weight excluding hydrogens is 238 g/mol. The van der Waals surface area contributed by atoms with E-state index in [2.05, 4.69) is 12.1 Å². The van der Waals surface area contributed by atoms with Crippen molar-refractivity contribution in [2.75, 3.05) is 13.1 Å². The second-order valence-electron chi connectivity index (χ2n) is 6.18. The Kier molecular flexibility index (Phi) is 3.09. The summed E-state index contributed by atoms with van der Waals surface area (Å²) in [7, 11) is 0. The van der Waals surface area contributed by atoms with E-state index < -0.39 is 5.60 Å². The summed E-state index contributed by atoms with van der Waals surface area (Å²) in [5.41, 5.74) is 0.698. The first kappa shape index (κ1) is 12.7. The number of aliphatic hydroxyl groups is 1. The van der Waals surface area contributed by atoms with E-state index in [4.69, 9.17) is 0 Å². The van der Waals surface area contributed by atoms with E-state index in [0.717, 1.165) is 6.42 Å². The van der Waals surface area contributed by atoms with Crippen molar-refractivity contribution < 1.29 is 9.90 Å². The number of hydrogen-bond donors (Lipinski definition) is 1. The predicted octanol–water partition coefficient (Wildman–Crippen LogP) is 2.16. The third-order valence-corrected chi connectivity index (χ3v) is 4.49. The van der Waals surface area contributed by atoms with Crippen molar-refractivity contribution in [1.82, 2.24) is 4.90 Å². The molecule has 1 aromatic carbocycles. The molecule has 1 heterocycles. The van der Waals surface area contributed by atoms with Crippen molar-refractivity contribution in [3.05, 3.63) is 35.9 Å². The lowest BCUT2D eigenvalue weighted by Crippen LogP contribution is -2.45. The van der Waals surface area contributed by atoms with Gasteiger partial charge in [0.2, 0.25) is 5.91 Å². The lowest BCUT2D eigenvalue weighted by Gasteiger charge is -2.36. The monoisotopic (exact) mass is 259 g/mol. The highest BCUT2D eigenvalue weighted by atomic mass is 16.3. The van der Waals surface area contributed by atoms with Crippen LogP contribution < -0.4 is 0 Å². The molecule has 1 aliphatic carbocycles. The molecule has 3 rings (SSSR count). The first-order valence-electron chi connectivity index (χ1n) is 7.13. The fourth-order valence-corrected chi connectivity index (χ4v) is 2.98. The van der Waals surface area contributed by atoms with Gasteiger partial charge >= 0.3 is 0 Å². The molecular formula is C16H21NO2. The average molecular weight is 259 g/mol. The Hall–Kier alpha value is -1.35. The van der Waals surface area contributed by atoms with E-state index in [-0.39, 0.29) is 11.8 Å².